The van der Waals surface area contributed by atoms with Gasteiger partial charge in [0.2, 0.25) is 0 Å². The van der Waals surface area contributed by atoms with Gasteiger partial charge in [-0.2, -0.15) is 0 Å². The van der Waals surface area contributed by atoms with Crippen LogP contribution in [0.15, 0.2) is 18.2 Å². The van der Waals surface area contributed by atoms with Gasteiger partial charge in [0.15, 0.2) is 0 Å². The van der Waals surface area contributed by atoms with Gasteiger partial charge in [0.25, 0.3) is 0 Å². The second kappa shape index (κ2) is 2.60. The van der Waals surface area contributed by atoms with Crippen LogP contribution in [0.4, 0.5) is 0 Å². The SMILES string of the molecule is [Li][c]1cc(C)cc(C)c1. The molecule has 0 bridgehead atoms. The van der Waals surface area contributed by atoms with E-state index in [2.05, 4.69) is 49.8 Å². The summed E-state index contributed by atoms with van der Waals surface area (Å²) in [6.07, 6.45) is 0. The number of hydrogen-bond donors (Lipinski definition) is 0. The molecule has 0 aliphatic carbocycles. The van der Waals surface area contributed by atoms with Gasteiger partial charge in [-0.25, -0.2) is 0 Å². The summed E-state index contributed by atoms with van der Waals surface area (Å²) in [4.78, 5) is 0. The van der Waals surface area contributed by atoms with Gasteiger partial charge in [-0.05, 0) is 0 Å². The van der Waals surface area contributed by atoms with E-state index >= 15 is 0 Å². The molecule has 0 saturated heterocycles. The minimum atomic E-state index is 1.35. The van der Waals surface area contributed by atoms with E-state index in [1.54, 1.807) is 0 Å². The van der Waals surface area contributed by atoms with Crippen molar-refractivity contribution in [2.75, 3.05) is 0 Å². The summed E-state index contributed by atoms with van der Waals surface area (Å²) in [5.74, 6) is 0. The van der Waals surface area contributed by atoms with E-state index in [9.17, 15) is 0 Å². The molecular formula is C8H9Li. The molecule has 0 radical (unpaired) electrons. The zero-order chi connectivity index (χ0) is 6.85. The average molecular weight is 112 g/mol. The molecule has 1 heteroatoms. The van der Waals surface area contributed by atoms with E-state index in [-0.39, 0.29) is 0 Å². The zero-order valence-electron chi connectivity index (χ0n) is 6.23. The fraction of sp³-hybridized carbons (Fsp3) is 0.250. The molecule has 0 atom stereocenters. The molecule has 0 nitrogen and oxygen atoms in total. The molecule has 0 N–H and O–H groups in total. The van der Waals surface area contributed by atoms with E-state index in [4.69, 9.17) is 0 Å². The van der Waals surface area contributed by atoms with Crippen molar-refractivity contribution in [1.82, 2.24) is 0 Å². The third-order valence-corrected chi connectivity index (χ3v) is 1.37. The molecule has 0 aliphatic heterocycles. The van der Waals surface area contributed by atoms with Crippen LogP contribution in [0.5, 0.6) is 0 Å². The summed E-state index contributed by atoms with van der Waals surface area (Å²) < 4.78 is 1.35. The van der Waals surface area contributed by atoms with Gasteiger partial charge < -0.3 is 0 Å². The van der Waals surface area contributed by atoms with Crippen molar-refractivity contribution in [3.63, 3.8) is 0 Å². The van der Waals surface area contributed by atoms with E-state index in [0.717, 1.165) is 0 Å². The van der Waals surface area contributed by atoms with Crippen molar-refractivity contribution in [3.05, 3.63) is 29.3 Å². The molecule has 1 rings (SSSR count). The molecule has 1 aromatic rings. The van der Waals surface area contributed by atoms with E-state index in [1.165, 1.54) is 15.4 Å². The molecule has 0 aromatic heterocycles. The second-order valence-electron chi connectivity index (χ2n) is 2.67. The second-order valence-corrected chi connectivity index (χ2v) is 2.67. The Kier molecular flexibility index (Phi) is 2.00. The molecule has 0 spiro atoms. The molecule has 0 amide bonds. The van der Waals surface area contributed by atoms with E-state index in [0.29, 0.717) is 0 Å². The van der Waals surface area contributed by atoms with E-state index < -0.39 is 0 Å². The number of benzene rings is 1. The normalized spacial score (nSPS) is 9.78. The Hall–Kier alpha value is -0.183. The Bertz CT molecular complexity index is 165. The van der Waals surface area contributed by atoms with Gasteiger partial charge in [0.1, 0.15) is 0 Å². The fourth-order valence-electron chi connectivity index (χ4n) is 1.20. The van der Waals surface area contributed by atoms with Crippen LogP contribution in [-0.4, -0.2) is 17.7 Å². The van der Waals surface area contributed by atoms with Crippen LogP contribution in [0.1, 0.15) is 11.1 Å². The summed E-state index contributed by atoms with van der Waals surface area (Å²) in [6.45, 7) is 4.25. The first-order chi connectivity index (χ1) is 4.18. The predicted molar refractivity (Wildman–Crippen MR) is 41.3 cm³/mol. The van der Waals surface area contributed by atoms with Crippen LogP contribution in [-0.2, 0) is 0 Å². The van der Waals surface area contributed by atoms with Crippen molar-refractivity contribution in [2.45, 2.75) is 13.8 Å². The maximum atomic E-state index is 2.19. The molecular weight excluding hydrogens is 103 g/mol. The number of aryl methyl sites for hydroxylation is 2. The van der Waals surface area contributed by atoms with E-state index in [1.807, 2.05) is 0 Å². The van der Waals surface area contributed by atoms with Crippen LogP contribution in [0, 0.1) is 13.8 Å². The number of rotatable bonds is 0. The van der Waals surface area contributed by atoms with Crippen molar-refractivity contribution in [2.24, 2.45) is 0 Å². The van der Waals surface area contributed by atoms with Gasteiger partial charge in [-0.3, -0.25) is 0 Å². The van der Waals surface area contributed by atoms with Gasteiger partial charge in [-0.15, -0.1) is 0 Å². The third kappa shape index (κ3) is 1.89. The Morgan fingerprint density at radius 1 is 1.00 bits per heavy atom. The monoisotopic (exact) mass is 112 g/mol. The Labute approximate surface area is 65.5 Å². The summed E-state index contributed by atoms with van der Waals surface area (Å²) in [7, 11) is 0. The van der Waals surface area contributed by atoms with Gasteiger partial charge in [0.05, 0.1) is 0 Å². The molecule has 0 fully saturated rings. The van der Waals surface area contributed by atoms with Gasteiger partial charge >= 0.3 is 65.1 Å². The first kappa shape index (κ1) is 6.93. The minimum absolute atomic E-state index is 1.35. The Morgan fingerprint density at radius 2 is 1.44 bits per heavy atom. The maximum absolute atomic E-state index is 2.19. The first-order valence-electron chi connectivity index (χ1n) is 3.23. The summed E-state index contributed by atoms with van der Waals surface area (Å²) in [6, 6.07) is 6.56. The fourth-order valence-corrected chi connectivity index (χ4v) is 1.20. The molecule has 42 valence electrons. The van der Waals surface area contributed by atoms with Gasteiger partial charge in [-0.1, -0.05) is 0 Å². The van der Waals surface area contributed by atoms with Crippen molar-refractivity contribution >= 4 is 22.0 Å². The molecule has 9 heavy (non-hydrogen) atoms. The first-order valence-corrected chi connectivity index (χ1v) is 3.23. The van der Waals surface area contributed by atoms with Crippen LogP contribution in [0.3, 0.4) is 0 Å². The molecule has 0 saturated carbocycles. The molecule has 0 unspecified atom stereocenters. The van der Waals surface area contributed by atoms with Crippen LogP contribution in [0.25, 0.3) is 0 Å². The summed E-state index contributed by atoms with van der Waals surface area (Å²) in [5, 5.41) is 0. The predicted octanol–water partition coefficient (Wildman–Crippen LogP) is 1.10. The van der Waals surface area contributed by atoms with Crippen LogP contribution in [0.2, 0.25) is 0 Å². The van der Waals surface area contributed by atoms with Crippen molar-refractivity contribution < 1.29 is 0 Å². The molecule has 0 heterocycles. The molecule has 1 aromatic carbocycles. The van der Waals surface area contributed by atoms with Crippen LogP contribution >= 0.6 is 0 Å². The van der Waals surface area contributed by atoms with Gasteiger partial charge in [0, 0.05) is 0 Å². The van der Waals surface area contributed by atoms with Crippen molar-refractivity contribution in [3.8, 4) is 0 Å². The van der Waals surface area contributed by atoms with Crippen LogP contribution < -0.4 is 4.24 Å². The zero-order valence-corrected chi connectivity index (χ0v) is 6.23. The Morgan fingerprint density at radius 3 is 1.78 bits per heavy atom. The average Bonchev–Trinajstić information content (AvgIpc) is 1.59. The molecule has 0 aliphatic rings. The summed E-state index contributed by atoms with van der Waals surface area (Å²) >= 11 is 2.12. The Balaban J connectivity index is 3.17. The quantitative estimate of drug-likeness (QED) is 0.441. The number of hydrogen-bond acceptors (Lipinski definition) is 0. The third-order valence-electron chi connectivity index (χ3n) is 1.37. The summed E-state index contributed by atoms with van der Waals surface area (Å²) in [5.41, 5.74) is 2.71. The standard InChI is InChI=1S/C8H9.Li/c1-7-4-3-5-8(2)6-7;/h4-6H,1-2H3;. The topological polar surface area (TPSA) is 0 Å². The van der Waals surface area contributed by atoms with Crippen molar-refractivity contribution in [1.29, 1.82) is 0 Å².